The van der Waals surface area contributed by atoms with Gasteiger partial charge in [-0.3, -0.25) is 0 Å². The fraction of sp³-hybridized carbons (Fsp3) is 0.818. The lowest BCUT2D eigenvalue weighted by Crippen LogP contribution is -2.42. The Bertz CT molecular complexity index is 413. The highest BCUT2D eigenvalue weighted by Crippen LogP contribution is 2.46. The first-order chi connectivity index (χ1) is 7.55. The number of hydrogen-bond donors (Lipinski definition) is 1. The van der Waals surface area contributed by atoms with Gasteiger partial charge in [0.05, 0.1) is 18.6 Å². The monoisotopic (exact) mass is 223 g/mol. The highest BCUT2D eigenvalue weighted by molar-refractivity contribution is 5.18. The average molecular weight is 223 g/mol. The van der Waals surface area contributed by atoms with Crippen molar-refractivity contribution in [3.05, 3.63) is 11.7 Å². The minimum atomic E-state index is -0.323. The summed E-state index contributed by atoms with van der Waals surface area (Å²) in [7, 11) is 0. The number of aromatic nitrogens is 2. The standard InChI is InChI=1S/C11H17N3O2/c1-10(3-4-10)8-13-9(16-14-8)11(2)6-15-5-7(11)12/h7H,3-6,12H2,1-2H3. The molecule has 2 fully saturated rings. The largest absolute Gasteiger partial charge is 0.379 e. The number of nitrogens with zero attached hydrogens (tertiary/aromatic N) is 2. The molecule has 0 radical (unpaired) electrons. The Kier molecular flexibility index (Phi) is 1.95. The molecule has 1 aromatic heterocycles. The Balaban J connectivity index is 1.92. The predicted octanol–water partition coefficient (Wildman–Crippen LogP) is 0.736. The molecule has 2 unspecified atom stereocenters. The second kappa shape index (κ2) is 3.05. The van der Waals surface area contributed by atoms with E-state index in [1.54, 1.807) is 0 Å². The Morgan fingerprint density at radius 3 is 2.69 bits per heavy atom. The average Bonchev–Trinajstić information content (AvgIpc) is 2.71. The van der Waals surface area contributed by atoms with Crippen LogP contribution in [0.2, 0.25) is 0 Å². The molecule has 1 aliphatic heterocycles. The molecular formula is C11H17N3O2. The maximum Gasteiger partial charge on any atom is 0.236 e. The van der Waals surface area contributed by atoms with Gasteiger partial charge in [0.25, 0.3) is 0 Å². The van der Waals surface area contributed by atoms with Crippen molar-refractivity contribution in [2.75, 3.05) is 13.2 Å². The lowest BCUT2D eigenvalue weighted by Gasteiger charge is -2.21. The van der Waals surface area contributed by atoms with Crippen molar-refractivity contribution in [1.29, 1.82) is 0 Å². The molecule has 5 heteroatoms. The van der Waals surface area contributed by atoms with E-state index < -0.39 is 0 Å². The minimum Gasteiger partial charge on any atom is -0.379 e. The van der Waals surface area contributed by atoms with Crippen molar-refractivity contribution in [2.45, 2.75) is 43.6 Å². The summed E-state index contributed by atoms with van der Waals surface area (Å²) >= 11 is 0. The van der Waals surface area contributed by atoms with Gasteiger partial charge in [-0.05, 0) is 19.8 Å². The van der Waals surface area contributed by atoms with Crippen molar-refractivity contribution in [3.8, 4) is 0 Å². The van der Waals surface area contributed by atoms with Crippen molar-refractivity contribution >= 4 is 0 Å². The van der Waals surface area contributed by atoms with Gasteiger partial charge in [0.1, 0.15) is 0 Å². The van der Waals surface area contributed by atoms with E-state index in [4.69, 9.17) is 15.0 Å². The molecule has 5 nitrogen and oxygen atoms in total. The maximum absolute atomic E-state index is 6.03. The van der Waals surface area contributed by atoms with Gasteiger partial charge in [-0.15, -0.1) is 0 Å². The van der Waals surface area contributed by atoms with Crippen LogP contribution in [0.5, 0.6) is 0 Å². The van der Waals surface area contributed by atoms with Crippen LogP contribution < -0.4 is 5.73 Å². The van der Waals surface area contributed by atoms with Crippen molar-refractivity contribution in [3.63, 3.8) is 0 Å². The molecule has 2 atom stereocenters. The topological polar surface area (TPSA) is 74.2 Å². The molecule has 1 saturated carbocycles. The van der Waals surface area contributed by atoms with Gasteiger partial charge in [0, 0.05) is 11.5 Å². The molecule has 1 aliphatic carbocycles. The van der Waals surface area contributed by atoms with E-state index in [9.17, 15) is 0 Å². The summed E-state index contributed by atoms with van der Waals surface area (Å²) in [5, 5.41) is 4.08. The molecule has 1 aromatic rings. The van der Waals surface area contributed by atoms with Crippen LogP contribution in [0.4, 0.5) is 0 Å². The highest BCUT2D eigenvalue weighted by Gasteiger charge is 2.48. The quantitative estimate of drug-likeness (QED) is 0.800. The van der Waals surface area contributed by atoms with E-state index in [-0.39, 0.29) is 16.9 Å². The van der Waals surface area contributed by atoms with Gasteiger partial charge in [0.2, 0.25) is 5.89 Å². The lowest BCUT2D eigenvalue weighted by atomic mass is 9.86. The molecule has 0 aromatic carbocycles. The van der Waals surface area contributed by atoms with Gasteiger partial charge >= 0.3 is 0 Å². The first-order valence-electron chi connectivity index (χ1n) is 5.73. The molecular weight excluding hydrogens is 206 g/mol. The van der Waals surface area contributed by atoms with Crippen LogP contribution in [0, 0.1) is 0 Å². The highest BCUT2D eigenvalue weighted by atomic mass is 16.5. The number of nitrogens with two attached hydrogens (primary N) is 1. The Morgan fingerprint density at radius 2 is 2.12 bits per heavy atom. The van der Waals surface area contributed by atoms with Crippen molar-refractivity contribution in [2.24, 2.45) is 5.73 Å². The van der Waals surface area contributed by atoms with Crippen LogP contribution >= 0.6 is 0 Å². The summed E-state index contributed by atoms with van der Waals surface area (Å²) < 4.78 is 10.8. The van der Waals surface area contributed by atoms with E-state index in [2.05, 4.69) is 17.1 Å². The third-order valence-corrected chi connectivity index (χ3v) is 3.97. The third-order valence-electron chi connectivity index (χ3n) is 3.97. The van der Waals surface area contributed by atoms with E-state index in [1.165, 1.54) is 0 Å². The molecule has 0 spiro atoms. The van der Waals surface area contributed by atoms with Gasteiger partial charge in [0.15, 0.2) is 5.82 Å². The molecule has 3 rings (SSSR count). The van der Waals surface area contributed by atoms with Crippen LogP contribution in [0.3, 0.4) is 0 Å². The van der Waals surface area contributed by atoms with Crippen molar-refractivity contribution < 1.29 is 9.26 Å². The first kappa shape index (κ1) is 10.2. The zero-order valence-electron chi connectivity index (χ0n) is 9.69. The van der Waals surface area contributed by atoms with Crippen LogP contribution in [0.1, 0.15) is 38.4 Å². The van der Waals surface area contributed by atoms with Crippen LogP contribution in [0.15, 0.2) is 4.52 Å². The van der Waals surface area contributed by atoms with Gasteiger partial charge < -0.3 is 15.0 Å². The third kappa shape index (κ3) is 1.31. The minimum absolute atomic E-state index is 0.0622. The summed E-state index contributed by atoms with van der Waals surface area (Å²) in [6, 6.07) is -0.0622. The molecule has 0 bridgehead atoms. The summed E-state index contributed by atoms with van der Waals surface area (Å²) in [5.41, 5.74) is 5.84. The number of ether oxygens (including phenoxy) is 1. The van der Waals surface area contributed by atoms with Gasteiger partial charge in [-0.1, -0.05) is 12.1 Å². The predicted molar refractivity (Wildman–Crippen MR) is 57.0 cm³/mol. The molecule has 2 heterocycles. The number of rotatable bonds is 2. The molecule has 88 valence electrons. The normalized spacial score (nSPS) is 36.6. The van der Waals surface area contributed by atoms with E-state index in [0.29, 0.717) is 19.1 Å². The zero-order chi connectivity index (χ0) is 11.4. The smallest absolute Gasteiger partial charge is 0.236 e. The van der Waals surface area contributed by atoms with Gasteiger partial charge in [-0.25, -0.2) is 0 Å². The summed E-state index contributed by atoms with van der Waals surface area (Å²) in [4.78, 5) is 4.51. The van der Waals surface area contributed by atoms with E-state index in [0.717, 1.165) is 18.7 Å². The van der Waals surface area contributed by atoms with Crippen molar-refractivity contribution in [1.82, 2.24) is 10.1 Å². The van der Waals surface area contributed by atoms with E-state index >= 15 is 0 Å². The Labute approximate surface area is 94.3 Å². The van der Waals surface area contributed by atoms with Gasteiger partial charge in [-0.2, -0.15) is 4.98 Å². The fourth-order valence-electron chi connectivity index (χ4n) is 2.02. The summed E-state index contributed by atoms with van der Waals surface area (Å²) in [6.45, 7) is 5.31. The van der Waals surface area contributed by atoms with Crippen LogP contribution in [-0.4, -0.2) is 29.4 Å². The van der Waals surface area contributed by atoms with Crippen LogP contribution in [-0.2, 0) is 15.6 Å². The van der Waals surface area contributed by atoms with E-state index in [1.807, 2.05) is 6.92 Å². The fourth-order valence-corrected chi connectivity index (χ4v) is 2.02. The summed E-state index contributed by atoms with van der Waals surface area (Å²) in [6.07, 6.45) is 2.29. The van der Waals surface area contributed by atoms with Crippen LogP contribution in [0.25, 0.3) is 0 Å². The molecule has 16 heavy (non-hydrogen) atoms. The SMILES string of the molecule is CC1(c2noc(C3(C)COCC3N)n2)CC1. The summed E-state index contributed by atoms with van der Waals surface area (Å²) in [5.74, 6) is 1.45. The second-order valence-corrected chi connectivity index (χ2v) is 5.52. The maximum atomic E-state index is 6.03. The zero-order valence-corrected chi connectivity index (χ0v) is 9.69. The first-order valence-corrected chi connectivity index (χ1v) is 5.73. The Hall–Kier alpha value is -0.940. The Morgan fingerprint density at radius 1 is 1.38 bits per heavy atom. The second-order valence-electron chi connectivity index (χ2n) is 5.52. The molecule has 2 N–H and O–H groups in total. The molecule has 2 aliphatic rings. The molecule has 0 amide bonds. The molecule has 1 saturated heterocycles. The number of hydrogen-bond acceptors (Lipinski definition) is 5. The lowest BCUT2D eigenvalue weighted by molar-refractivity contribution is 0.169.